The summed E-state index contributed by atoms with van der Waals surface area (Å²) in [7, 11) is 0. The highest BCUT2D eigenvalue weighted by Gasteiger charge is 2.07. The van der Waals surface area contributed by atoms with E-state index in [2.05, 4.69) is 28.3 Å². The molecule has 2 heterocycles. The molecule has 2 rings (SSSR count). The lowest BCUT2D eigenvalue weighted by Gasteiger charge is -2.10. The second-order valence-electron chi connectivity index (χ2n) is 6.99. The Balaban J connectivity index is 1.81. The number of carboxylic acids is 1. The first-order valence-electron chi connectivity index (χ1n) is 9.94. The highest BCUT2D eigenvalue weighted by molar-refractivity contribution is 5.87. The Morgan fingerprint density at radius 3 is 2.74 bits per heavy atom. The van der Waals surface area contributed by atoms with Crippen LogP contribution in [0.3, 0.4) is 0 Å². The zero-order valence-electron chi connectivity index (χ0n) is 16.5. The molecule has 0 unspecified atom stereocenters. The third-order valence-corrected chi connectivity index (χ3v) is 4.63. The molecule has 0 bridgehead atoms. The smallest absolute Gasteiger partial charge is 0.335 e. The van der Waals surface area contributed by atoms with Crippen molar-refractivity contribution in [2.75, 3.05) is 6.54 Å². The summed E-state index contributed by atoms with van der Waals surface area (Å²) in [6.45, 7) is 5.40. The minimum atomic E-state index is -0.918. The molecule has 2 N–H and O–H groups in total. The van der Waals surface area contributed by atoms with E-state index in [9.17, 15) is 4.79 Å². The van der Waals surface area contributed by atoms with Gasteiger partial charge in [-0.25, -0.2) is 4.79 Å². The van der Waals surface area contributed by atoms with E-state index < -0.39 is 5.97 Å². The van der Waals surface area contributed by atoms with Gasteiger partial charge >= 0.3 is 5.97 Å². The molecule has 0 saturated carbocycles. The Bertz CT molecular complexity index is 731. The van der Waals surface area contributed by atoms with Gasteiger partial charge in [0, 0.05) is 37.1 Å². The summed E-state index contributed by atoms with van der Waals surface area (Å²) >= 11 is 0. The standard InChI is InChI=1S/C22H31N3O2/c1-3-4-5-6-7-9-18-10-8-12-24-21(18)11-13-23-16-20-15-19(22(26)27)14-17(2)25-20/h8,10,12,14-15,23H,3-7,9,11,13,16H2,1-2H3,(H,26,27). The number of pyridine rings is 2. The third-order valence-electron chi connectivity index (χ3n) is 4.63. The first-order valence-corrected chi connectivity index (χ1v) is 9.94. The molecule has 0 aromatic carbocycles. The predicted octanol–water partition coefficient (Wildman–Crippen LogP) is 4.33. The zero-order valence-corrected chi connectivity index (χ0v) is 16.5. The average Bonchev–Trinajstić information content (AvgIpc) is 2.65. The molecule has 146 valence electrons. The van der Waals surface area contributed by atoms with Crippen molar-refractivity contribution in [3.63, 3.8) is 0 Å². The number of carbonyl (C=O) groups is 1. The van der Waals surface area contributed by atoms with E-state index in [-0.39, 0.29) is 5.56 Å². The summed E-state index contributed by atoms with van der Waals surface area (Å²) in [6, 6.07) is 7.42. The number of carboxylic acid groups (broad SMARTS) is 1. The second-order valence-corrected chi connectivity index (χ2v) is 6.99. The van der Waals surface area contributed by atoms with Crippen LogP contribution in [0, 0.1) is 6.92 Å². The Hall–Kier alpha value is -2.27. The molecular weight excluding hydrogens is 338 g/mol. The zero-order chi connectivity index (χ0) is 19.5. The minimum absolute atomic E-state index is 0.286. The van der Waals surface area contributed by atoms with Gasteiger partial charge in [-0.3, -0.25) is 9.97 Å². The van der Waals surface area contributed by atoms with E-state index in [0.717, 1.165) is 36.5 Å². The number of nitrogens with zero attached hydrogens (tertiary/aromatic N) is 2. The quantitative estimate of drug-likeness (QED) is 0.545. The van der Waals surface area contributed by atoms with Gasteiger partial charge in [-0.1, -0.05) is 38.7 Å². The maximum Gasteiger partial charge on any atom is 0.335 e. The number of hydrogen-bond acceptors (Lipinski definition) is 4. The van der Waals surface area contributed by atoms with Crippen molar-refractivity contribution in [3.05, 3.63) is 58.7 Å². The molecule has 0 aliphatic carbocycles. The molecule has 0 aliphatic heterocycles. The monoisotopic (exact) mass is 369 g/mol. The van der Waals surface area contributed by atoms with Crippen molar-refractivity contribution in [3.8, 4) is 0 Å². The van der Waals surface area contributed by atoms with Gasteiger partial charge in [0.15, 0.2) is 0 Å². The number of aromatic carboxylic acids is 1. The lowest BCUT2D eigenvalue weighted by atomic mass is 10.0. The molecule has 0 aliphatic rings. The molecule has 0 amide bonds. The Morgan fingerprint density at radius 1 is 1.15 bits per heavy atom. The van der Waals surface area contributed by atoms with Gasteiger partial charge in [0.05, 0.1) is 11.3 Å². The van der Waals surface area contributed by atoms with Gasteiger partial charge in [-0.15, -0.1) is 0 Å². The molecule has 0 radical (unpaired) electrons. The van der Waals surface area contributed by atoms with Crippen LogP contribution in [0.5, 0.6) is 0 Å². The molecule has 2 aromatic heterocycles. The fraction of sp³-hybridized carbons (Fsp3) is 0.500. The van der Waals surface area contributed by atoms with Crippen LogP contribution in [0.2, 0.25) is 0 Å². The summed E-state index contributed by atoms with van der Waals surface area (Å²) < 4.78 is 0. The highest BCUT2D eigenvalue weighted by atomic mass is 16.4. The number of rotatable bonds is 12. The summed E-state index contributed by atoms with van der Waals surface area (Å²) in [5.41, 5.74) is 4.27. The normalized spacial score (nSPS) is 10.9. The van der Waals surface area contributed by atoms with Gasteiger partial charge in [-0.2, -0.15) is 0 Å². The van der Waals surface area contributed by atoms with E-state index in [4.69, 9.17) is 5.11 Å². The molecule has 5 heteroatoms. The van der Waals surface area contributed by atoms with E-state index >= 15 is 0 Å². The molecule has 5 nitrogen and oxygen atoms in total. The maximum absolute atomic E-state index is 11.1. The van der Waals surface area contributed by atoms with E-state index in [0.29, 0.717) is 6.54 Å². The van der Waals surface area contributed by atoms with Gasteiger partial charge in [0.2, 0.25) is 0 Å². The minimum Gasteiger partial charge on any atom is -0.478 e. The van der Waals surface area contributed by atoms with Crippen LogP contribution in [0.15, 0.2) is 30.5 Å². The van der Waals surface area contributed by atoms with Crippen LogP contribution in [-0.4, -0.2) is 27.6 Å². The van der Waals surface area contributed by atoms with Gasteiger partial charge in [0.25, 0.3) is 0 Å². The average molecular weight is 370 g/mol. The van der Waals surface area contributed by atoms with Crippen molar-refractivity contribution >= 4 is 5.97 Å². The first-order chi connectivity index (χ1) is 13.1. The van der Waals surface area contributed by atoms with Crippen LogP contribution >= 0.6 is 0 Å². The SMILES string of the molecule is CCCCCCCc1cccnc1CCNCc1cc(C(=O)O)cc(C)n1. The van der Waals surface area contributed by atoms with E-state index in [1.54, 1.807) is 12.1 Å². The first kappa shape index (κ1) is 21.0. The topological polar surface area (TPSA) is 75.1 Å². The lowest BCUT2D eigenvalue weighted by Crippen LogP contribution is -2.19. The van der Waals surface area contributed by atoms with E-state index in [1.165, 1.54) is 37.7 Å². The lowest BCUT2D eigenvalue weighted by molar-refractivity contribution is 0.0696. The number of nitrogens with one attached hydrogen (secondary N) is 1. The Kier molecular flexibility index (Phi) is 8.92. The van der Waals surface area contributed by atoms with Crippen LogP contribution in [0.1, 0.15) is 72.0 Å². The number of aryl methyl sites for hydroxylation is 2. The summed E-state index contributed by atoms with van der Waals surface area (Å²) in [4.78, 5) is 20.1. The highest BCUT2D eigenvalue weighted by Crippen LogP contribution is 2.12. The maximum atomic E-state index is 11.1. The molecular formula is C22H31N3O2. The summed E-state index contributed by atoms with van der Waals surface area (Å²) in [6.07, 6.45) is 10.2. The number of aromatic nitrogens is 2. The van der Waals surface area contributed by atoms with Crippen molar-refractivity contribution in [2.24, 2.45) is 0 Å². The van der Waals surface area contributed by atoms with Crippen molar-refractivity contribution < 1.29 is 9.90 Å². The second kappa shape index (κ2) is 11.4. The fourth-order valence-corrected chi connectivity index (χ4v) is 3.22. The number of hydrogen-bond donors (Lipinski definition) is 2. The molecule has 2 aromatic rings. The van der Waals surface area contributed by atoms with Gasteiger partial charge < -0.3 is 10.4 Å². The van der Waals surface area contributed by atoms with Crippen LogP contribution in [0.4, 0.5) is 0 Å². The molecule has 0 saturated heterocycles. The predicted molar refractivity (Wildman–Crippen MR) is 108 cm³/mol. The molecule has 0 spiro atoms. The van der Waals surface area contributed by atoms with E-state index in [1.807, 2.05) is 19.2 Å². The van der Waals surface area contributed by atoms with Crippen LogP contribution < -0.4 is 5.32 Å². The van der Waals surface area contributed by atoms with Gasteiger partial charge in [-0.05, 0) is 43.5 Å². The third kappa shape index (κ3) is 7.47. The fourth-order valence-electron chi connectivity index (χ4n) is 3.22. The summed E-state index contributed by atoms with van der Waals surface area (Å²) in [5.74, 6) is -0.918. The van der Waals surface area contributed by atoms with Crippen LogP contribution in [0.25, 0.3) is 0 Å². The molecule has 27 heavy (non-hydrogen) atoms. The van der Waals surface area contributed by atoms with Crippen LogP contribution in [-0.2, 0) is 19.4 Å². The number of unbranched alkanes of at least 4 members (excludes halogenated alkanes) is 4. The summed E-state index contributed by atoms with van der Waals surface area (Å²) in [5, 5.41) is 12.5. The Morgan fingerprint density at radius 2 is 1.96 bits per heavy atom. The van der Waals surface area contributed by atoms with Crippen molar-refractivity contribution in [1.29, 1.82) is 0 Å². The van der Waals surface area contributed by atoms with Gasteiger partial charge in [0.1, 0.15) is 0 Å². The van der Waals surface area contributed by atoms with Crippen molar-refractivity contribution in [1.82, 2.24) is 15.3 Å². The largest absolute Gasteiger partial charge is 0.478 e. The Labute approximate surface area is 162 Å². The molecule has 0 atom stereocenters. The van der Waals surface area contributed by atoms with Crippen molar-refractivity contribution in [2.45, 2.75) is 65.3 Å². The molecule has 0 fully saturated rings.